The Kier molecular flexibility index (Phi) is 2.98. The Labute approximate surface area is 114 Å². The number of benzene rings is 2. The summed E-state index contributed by atoms with van der Waals surface area (Å²) in [6.07, 6.45) is 2.35. The van der Waals surface area contributed by atoms with Crippen LogP contribution < -0.4 is 0 Å². The van der Waals surface area contributed by atoms with Crippen LogP contribution in [-0.4, -0.2) is 5.78 Å². The molecule has 0 aliphatic heterocycles. The molecule has 1 atom stereocenters. The van der Waals surface area contributed by atoms with Gasteiger partial charge in [-0.05, 0) is 36.5 Å². The van der Waals surface area contributed by atoms with E-state index < -0.39 is 0 Å². The second-order valence-electron chi connectivity index (χ2n) is 5.57. The Hall–Kier alpha value is -1.89. The van der Waals surface area contributed by atoms with Crippen molar-refractivity contribution in [2.24, 2.45) is 0 Å². The van der Waals surface area contributed by atoms with Crippen LogP contribution in [0, 0.1) is 0 Å². The minimum Gasteiger partial charge on any atom is -0.299 e. The normalized spacial score (nSPS) is 22.1. The summed E-state index contributed by atoms with van der Waals surface area (Å²) in [6.45, 7) is 2.10. The van der Waals surface area contributed by atoms with E-state index in [2.05, 4.69) is 37.3 Å². The number of carbonyl (C=O) groups is 1. The van der Waals surface area contributed by atoms with Gasteiger partial charge in [0.25, 0.3) is 0 Å². The molecule has 3 rings (SSSR count). The van der Waals surface area contributed by atoms with Crippen LogP contribution in [-0.2, 0) is 23.1 Å². The van der Waals surface area contributed by atoms with Crippen molar-refractivity contribution in [3.05, 3.63) is 71.3 Å². The lowest BCUT2D eigenvalue weighted by atomic mass is 9.67. The molecule has 1 aliphatic carbocycles. The van der Waals surface area contributed by atoms with E-state index in [1.807, 2.05) is 24.3 Å². The molecular weight excluding hydrogens is 232 g/mol. The smallest absolute Gasteiger partial charge is 0.143 e. The van der Waals surface area contributed by atoms with E-state index in [0.717, 1.165) is 12.8 Å². The van der Waals surface area contributed by atoms with Gasteiger partial charge in [0, 0.05) is 6.42 Å². The molecule has 0 heterocycles. The van der Waals surface area contributed by atoms with Crippen molar-refractivity contribution in [3.63, 3.8) is 0 Å². The van der Waals surface area contributed by atoms with Gasteiger partial charge in [0.15, 0.2) is 0 Å². The Morgan fingerprint density at radius 3 is 2.42 bits per heavy atom. The number of carbonyl (C=O) groups excluding carboxylic acids is 1. The van der Waals surface area contributed by atoms with E-state index in [9.17, 15) is 4.79 Å². The number of rotatable bonds is 2. The molecule has 96 valence electrons. The lowest BCUT2D eigenvalue weighted by Crippen LogP contribution is -2.39. The predicted octanol–water partition coefficient (Wildman–Crippen LogP) is 3.70. The average molecular weight is 250 g/mol. The molecule has 2 aromatic rings. The van der Waals surface area contributed by atoms with Gasteiger partial charge in [0.2, 0.25) is 0 Å². The van der Waals surface area contributed by atoms with Crippen molar-refractivity contribution >= 4 is 5.78 Å². The summed E-state index contributed by atoms with van der Waals surface area (Å²) < 4.78 is 0. The van der Waals surface area contributed by atoms with Crippen molar-refractivity contribution < 1.29 is 4.79 Å². The third-order valence-electron chi connectivity index (χ3n) is 4.25. The molecule has 0 radical (unpaired) electrons. The van der Waals surface area contributed by atoms with Crippen molar-refractivity contribution in [3.8, 4) is 0 Å². The van der Waals surface area contributed by atoms with E-state index in [0.29, 0.717) is 12.2 Å². The highest BCUT2D eigenvalue weighted by atomic mass is 16.1. The van der Waals surface area contributed by atoms with Gasteiger partial charge in [-0.25, -0.2) is 0 Å². The Bertz CT molecular complexity index is 600. The molecule has 0 spiro atoms. The van der Waals surface area contributed by atoms with Gasteiger partial charge in [-0.1, -0.05) is 54.6 Å². The first-order valence-electron chi connectivity index (χ1n) is 6.86. The molecule has 0 saturated heterocycles. The van der Waals surface area contributed by atoms with E-state index >= 15 is 0 Å². The van der Waals surface area contributed by atoms with Crippen molar-refractivity contribution in [2.45, 2.75) is 31.6 Å². The highest BCUT2D eigenvalue weighted by Crippen LogP contribution is 2.37. The first-order chi connectivity index (χ1) is 9.20. The zero-order valence-corrected chi connectivity index (χ0v) is 11.2. The van der Waals surface area contributed by atoms with Crippen molar-refractivity contribution in [1.82, 2.24) is 0 Å². The van der Waals surface area contributed by atoms with Gasteiger partial charge >= 0.3 is 0 Å². The fourth-order valence-corrected chi connectivity index (χ4v) is 3.15. The van der Waals surface area contributed by atoms with Gasteiger partial charge in [-0.15, -0.1) is 0 Å². The van der Waals surface area contributed by atoms with Gasteiger partial charge in [0.1, 0.15) is 5.78 Å². The molecule has 0 aromatic heterocycles. The number of fused-ring (bicyclic) bond motifs is 1. The molecule has 0 amide bonds. The van der Waals surface area contributed by atoms with Crippen molar-refractivity contribution in [1.29, 1.82) is 0 Å². The molecule has 0 unspecified atom stereocenters. The molecule has 1 aliphatic rings. The number of aryl methyl sites for hydroxylation is 1. The molecule has 2 aromatic carbocycles. The summed E-state index contributed by atoms with van der Waals surface area (Å²) in [5.74, 6) is 0.370. The maximum atomic E-state index is 12.5. The summed E-state index contributed by atoms with van der Waals surface area (Å²) in [5, 5.41) is 0. The number of hydrogen-bond donors (Lipinski definition) is 0. The van der Waals surface area contributed by atoms with E-state index in [-0.39, 0.29) is 5.41 Å². The van der Waals surface area contributed by atoms with E-state index in [1.54, 1.807) is 0 Å². The highest BCUT2D eigenvalue weighted by molar-refractivity contribution is 5.92. The minimum absolute atomic E-state index is 0.365. The molecule has 1 heteroatoms. The molecule has 0 saturated carbocycles. The molecular formula is C18H18O. The summed E-state index contributed by atoms with van der Waals surface area (Å²) in [5.41, 5.74) is 3.42. The van der Waals surface area contributed by atoms with E-state index in [4.69, 9.17) is 0 Å². The topological polar surface area (TPSA) is 17.1 Å². The Balaban J connectivity index is 2.04. The quantitative estimate of drug-likeness (QED) is 0.794. The van der Waals surface area contributed by atoms with Gasteiger partial charge in [-0.2, -0.15) is 0 Å². The third-order valence-corrected chi connectivity index (χ3v) is 4.25. The summed E-state index contributed by atoms with van der Waals surface area (Å²) in [4.78, 5) is 12.5. The predicted molar refractivity (Wildman–Crippen MR) is 77.3 cm³/mol. The lowest BCUT2D eigenvalue weighted by molar-refractivity contribution is -0.124. The molecule has 1 nitrogen and oxygen atoms in total. The molecule has 0 fully saturated rings. The lowest BCUT2D eigenvalue weighted by Gasteiger charge is -2.34. The van der Waals surface area contributed by atoms with Crippen molar-refractivity contribution in [2.75, 3.05) is 0 Å². The summed E-state index contributed by atoms with van der Waals surface area (Å²) in [7, 11) is 0. The number of hydrogen-bond acceptors (Lipinski definition) is 1. The van der Waals surface area contributed by atoms with Gasteiger partial charge < -0.3 is 0 Å². The van der Waals surface area contributed by atoms with Crippen LogP contribution >= 0.6 is 0 Å². The van der Waals surface area contributed by atoms with Gasteiger partial charge in [0.05, 0.1) is 5.41 Å². The minimum atomic E-state index is -0.365. The van der Waals surface area contributed by atoms with Crippen LogP contribution in [0.25, 0.3) is 0 Å². The molecule has 19 heavy (non-hydrogen) atoms. The Morgan fingerprint density at radius 2 is 1.63 bits per heavy atom. The van der Waals surface area contributed by atoms with Crippen LogP contribution in [0.4, 0.5) is 0 Å². The monoisotopic (exact) mass is 250 g/mol. The standard InChI is InChI=1S/C18H18O/c1-18(13-14-7-3-2-4-8-14)16-10-6-5-9-15(16)11-12-17(18)19/h2-10H,11-13H2,1H3/t18-/m1/s1. The summed E-state index contributed by atoms with van der Waals surface area (Å²) in [6, 6.07) is 18.7. The number of ketones is 1. The number of Topliss-reactive ketones (excluding diaryl/α,β-unsaturated/α-hetero) is 1. The van der Waals surface area contributed by atoms with Crippen LogP contribution in [0.3, 0.4) is 0 Å². The highest BCUT2D eigenvalue weighted by Gasteiger charge is 2.39. The van der Waals surface area contributed by atoms with Crippen LogP contribution in [0.1, 0.15) is 30.0 Å². The van der Waals surface area contributed by atoms with Crippen LogP contribution in [0.15, 0.2) is 54.6 Å². The van der Waals surface area contributed by atoms with Crippen LogP contribution in [0.5, 0.6) is 0 Å². The summed E-state index contributed by atoms with van der Waals surface area (Å²) >= 11 is 0. The fourth-order valence-electron chi connectivity index (χ4n) is 3.15. The Morgan fingerprint density at radius 1 is 0.947 bits per heavy atom. The molecule has 0 bridgehead atoms. The maximum absolute atomic E-state index is 12.5. The first kappa shape index (κ1) is 12.2. The fraction of sp³-hybridized carbons (Fsp3) is 0.278. The van der Waals surface area contributed by atoms with Gasteiger partial charge in [-0.3, -0.25) is 4.79 Å². The first-order valence-corrected chi connectivity index (χ1v) is 6.86. The van der Waals surface area contributed by atoms with E-state index in [1.165, 1.54) is 16.7 Å². The maximum Gasteiger partial charge on any atom is 0.143 e. The SMILES string of the molecule is C[C@]1(Cc2ccccc2)C(=O)CCc2ccccc21. The third kappa shape index (κ3) is 2.10. The molecule has 0 N–H and O–H groups in total. The second-order valence-corrected chi connectivity index (χ2v) is 5.57. The largest absolute Gasteiger partial charge is 0.299 e. The zero-order chi connectivity index (χ0) is 13.3. The zero-order valence-electron chi connectivity index (χ0n) is 11.2. The average Bonchev–Trinajstić information content (AvgIpc) is 2.45. The second kappa shape index (κ2) is 4.65. The van der Waals surface area contributed by atoms with Crippen LogP contribution in [0.2, 0.25) is 0 Å².